The number of hydrogen-bond donors (Lipinski definition) is 1. The van der Waals surface area contributed by atoms with Crippen LogP contribution >= 0.6 is 0 Å². The zero-order valence-corrected chi connectivity index (χ0v) is 11.2. The number of benzene rings is 2. The maximum atomic E-state index is 5.96. The molecule has 4 nitrogen and oxygen atoms in total. The number of anilines is 1. The van der Waals surface area contributed by atoms with Crippen LogP contribution in [0.5, 0.6) is 11.5 Å². The summed E-state index contributed by atoms with van der Waals surface area (Å²) in [6.07, 6.45) is 3.46. The lowest BCUT2D eigenvalue weighted by Crippen LogP contribution is -2.18. The Morgan fingerprint density at radius 1 is 0.762 bits per heavy atom. The first-order valence-corrected chi connectivity index (χ1v) is 6.81. The summed E-state index contributed by atoms with van der Waals surface area (Å²) < 4.78 is 5.96. The summed E-state index contributed by atoms with van der Waals surface area (Å²) in [7, 11) is 0. The fraction of sp³-hybridized carbons (Fsp3) is 0.0588. The molecular weight excluding hydrogens is 262 g/mol. The van der Waals surface area contributed by atoms with Gasteiger partial charge in [0.25, 0.3) is 0 Å². The smallest absolute Gasteiger partial charge is 0.223 e. The van der Waals surface area contributed by atoms with Crippen molar-refractivity contribution >= 4 is 5.95 Å². The monoisotopic (exact) mass is 275 g/mol. The third-order valence-electron chi connectivity index (χ3n) is 3.52. The molecule has 0 saturated carbocycles. The van der Waals surface area contributed by atoms with Crippen molar-refractivity contribution in [3.8, 4) is 11.5 Å². The van der Waals surface area contributed by atoms with E-state index in [0.717, 1.165) is 22.6 Å². The van der Waals surface area contributed by atoms with E-state index in [4.69, 9.17) is 4.74 Å². The number of fused-ring (bicyclic) bond motifs is 2. The summed E-state index contributed by atoms with van der Waals surface area (Å²) in [6.45, 7) is 0. The minimum atomic E-state index is -0.0199. The lowest BCUT2D eigenvalue weighted by Gasteiger charge is -2.28. The van der Waals surface area contributed by atoms with Crippen molar-refractivity contribution in [2.45, 2.75) is 6.04 Å². The molecule has 1 aliphatic heterocycles. The first kappa shape index (κ1) is 11.9. The van der Waals surface area contributed by atoms with Crippen LogP contribution in [0.1, 0.15) is 17.2 Å². The van der Waals surface area contributed by atoms with Crippen LogP contribution in [0, 0.1) is 0 Å². The number of nitrogens with one attached hydrogen (secondary N) is 1. The number of aromatic nitrogens is 2. The minimum Gasteiger partial charge on any atom is -0.457 e. The highest BCUT2D eigenvalue weighted by molar-refractivity contribution is 5.56. The van der Waals surface area contributed by atoms with Gasteiger partial charge in [-0.3, -0.25) is 0 Å². The molecule has 2 heterocycles. The fourth-order valence-corrected chi connectivity index (χ4v) is 2.57. The van der Waals surface area contributed by atoms with Crippen molar-refractivity contribution < 1.29 is 4.74 Å². The van der Waals surface area contributed by atoms with Gasteiger partial charge in [-0.05, 0) is 18.2 Å². The molecule has 21 heavy (non-hydrogen) atoms. The molecule has 0 unspecified atom stereocenters. The van der Waals surface area contributed by atoms with Crippen LogP contribution in [0.2, 0.25) is 0 Å². The summed E-state index contributed by atoms with van der Waals surface area (Å²) in [4.78, 5) is 8.51. The van der Waals surface area contributed by atoms with Gasteiger partial charge in [0, 0.05) is 23.5 Å². The molecule has 4 rings (SSSR count). The molecule has 0 aliphatic carbocycles. The Kier molecular flexibility index (Phi) is 2.78. The van der Waals surface area contributed by atoms with E-state index in [9.17, 15) is 0 Å². The van der Waals surface area contributed by atoms with Crippen LogP contribution in [0.25, 0.3) is 0 Å². The molecule has 4 heteroatoms. The average Bonchev–Trinajstić information content (AvgIpc) is 2.55. The molecule has 1 aliphatic rings. The number of nitrogens with zero attached hydrogens (tertiary/aromatic N) is 2. The van der Waals surface area contributed by atoms with Crippen molar-refractivity contribution in [3.05, 3.63) is 78.1 Å². The van der Waals surface area contributed by atoms with Crippen LogP contribution in [0.4, 0.5) is 5.95 Å². The van der Waals surface area contributed by atoms with Crippen molar-refractivity contribution in [1.29, 1.82) is 0 Å². The van der Waals surface area contributed by atoms with E-state index < -0.39 is 0 Å². The molecule has 1 N–H and O–H groups in total. The summed E-state index contributed by atoms with van der Waals surface area (Å²) in [5, 5.41) is 3.39. The second kappa shape index (κ2) is 4.90. The van der Waals surface area contributed by atoms with Crippen molar-refractivity contribution in [2.24, 2.45) is 0 Å². The second-order valence-corrected chi connectivity index (χ2v) is 4.83. The Morgan fingerprint density at radius 2 is 1.33 bits per heavy atom. The van der Waals surface area contributed by atoms with Gasteiger partial charge in [0.05, 0.1) is 6.04 Å². The van der Waals surface area contributed by atoms with E-state index in [1.54, 1.807) is 18.5 Å². The minimum absolute atomic E-state index is 0.0199. The third-order valence-corrected chi connectivity index (χ3v) is 3.52. The Hall–Kier alpha value is -2.88. The number of rotatable bonds is 2. The molecular formula is C17H13N3O. The van der Waals surface area contributed by atoms with Gasteiger partial charge in [-0.25, -0.2) is 9.97 Å². The van der Waals surface area contributed by atoms with Gasteiger partial charge in [0.15, 0.2) is 0 Å². The Balaban J connectivity index is 1.82. The molecule has 0 spiro atoms. The zero-order chi connectivity index (χ0) is 14.1. The van der Waals surface area contributed by atoms with Gasteiger partial charge in [0.1, 0.15) is 11.5 Å². The summed E-state index contributed by atoms with van der Waals surface area (Å²) in [5.41, 5.74) is 2.17. The first-order valence-electron chi connectivity index (χ1n) is 6.81. The lowest BCUT2D eigenvalue weighted by molar-refractivity contribution is 0.451. The van der Waals surface area contributed by atoms with Gasteiger partial charge in [-0.2, -0.15) is 0 Å². The zero-order valence-electron chi connectivity index (χ0n) is 11.2. The number of para-hydroxylation sites is 2. The van der Waals surface area contributed by atoms with Crippen molar-refractivity contribution in [1.82, 2.24) is 9.97 Å². The largest absolute Gasteiger partial charge is 0.457 e. The first-order chi connectivity index (χ1) is 10.4. The van der Waals surface area contributed by atoms with E-state index in [-0.39, 0.29) is 6.04 Å². The van der Waals surface area contributed by atoms with E-state index in [2.05, 4.69) is 27.4 Å². The van der Waals surface area contributed by atoms with Crippen LogP contribution < -0.4 is 10.1 Å². The lowest BCUT2D eigenvalue weighted by atomic mass is 9.95. The Morgan fingerprint density at radius 3 is 1.95 bits per heavy atom. The molecule has 2 aromatic carbocycles. The highest BCUT2D eigenvalue weighted by atomic mass is 16.5. The number of ether oxygens (including phenoxy) is 1. The Labute approximate surface area is 122 Å². The highest BCUT2D eigenvalue weighted by Gasteiger charge is 2.27. The second-order valence-electron chi connectivity index (χ2n) is 4.83. The van der Waals surface area contributed by atoms with Gasteiger partial charge < -0.3 is 10.1 Å². The van der Waals surface area contributed by atoms with Crippen LogP contribution in [0.3, 0.4) is 0 Å². The average molecular weight is 275 g/mol. The molecule has 3 aromatic rings. The molecule has 0 radical (unpaired) electrons. The molecule has 0 fully saturated rings. The van der Waals surface area contributed by atoms with Crippen LogP contribution in [-0.4, -0.2) is 9.97 Å². The maximum Gasteiger partial charge on any atom is 0.223 e. The molecule has 0 atom stereocenters. The highest BCUT2D eigenvalue weighted by Crippen LogP contribution is 2.43. The molecule has 0 saturated heterocycles. The van der Waals surface area contributed by atoms with E-state index in [1.165, 1.54) is 0 Å². The summed E-state index contributed by atoms with van der Waals surface area (Å²) >= 11 is 0. The Bertz CT molecular complexity index is 728. The fourth-order valence-electron chi connectivity index (χ4n) is 2.57. The van der Waals surface area contributed by atoms with Crippen LogP contribution in [0.15, 0.2) is 67.0 Å². The van der Waals surface area contributed by atoms with Gasteiger partial charge >= 0.3 is 0 Å². The standard InChI is InChI=1S/C17H13N3O/c1-3-8-14-12(6-1)16(20-17-18-10-5-11-19-17)13-7-2-4-9-15(13)21-14/h1-11,16H,(H,18,19,20). The summed E-state index contributed by atoms with van der Waals surface area (Å²) in [6, 6.07) is 17.8. The topological polar surface area (TPSA) is 47.0 Å². The van der Waals surface area contributed by atoms with E-state index in [1.807, 2.05) is 36.4 Å². The maximum absolute atomic E-state index is 5.96. The van der Waals surface area contributed by atoms with Gasteiger partial charge in [-0.1, -0.05) is 36.4 Å². The molecule has 1 aromatic heterocycles. The van der Waals surface area contributed by atoms with E-state index >= 15 is 0 Å². The van der Waals surface area contributed by atoms with E-state index in [0.29, 0.717) is 5.95 Å². The predicted octanol–water partition coefficient (Wildman–Crippen LogP) is 3.78. The third kappa shape index (κ3) is 2.10. The SMILES string of the molecule is c1cnc(NC2c3ccccc3Oc3ccccc32)nc1. The van der Waals surface area contributed by atoms with Gasteiger partial charge in [-0.15, -0.1) is 0 Å². The normalized spacial score (nSPS) is 13.0. The molecule has 0 amide bonds. The molecule has 102 valence electrons. The summed E-state index contributed by atoms with van der Waals surface area (Å²) in [5.74, 6) is 2.34. The van der Waals surface area contributed by atoms with Crippen molar-refractivity contribution in [2.75, 3.05) is 5.32 Å². The quantitative estimate of drug-likeness (QED) is 0.773. The molecule has 0 bridgehead atoms. The van der Waals surface area contributed by atoms with Crippen LogP contribution in [-0.2, 0) is 0 Å². The van der Waals surface area contributed by atoms with Gasteiger partial charge in [0.2, 0.25) is 5.95 Å². The predicted molar refractivity (Wildman–Crippen MR) is 80.5 cm³/mol. The number of hydrogen-bond acceptors (Lipinski definition) is 4. The van der Waals surface area contributed by atoms with Crippen molar-refractivity contribution in [3.63, 3.8) is 0 Å².